The second-order valence-corrected chi connectivity index (χ2v) is 14.0. The smallest absolute Gasteiger partial charge is 0.159 e. The van der Waals surface area contributed by atoms with Gasteiger partial charge < -0.3 is 9.32 Å². The van der Waals surface area contributed by atoms with Gasteiger partial charge in [-0.25, -0.2) is 0 Å². The Balaban J connectivity index is 1.24. The molecule has 2 aliphatic rings. The van der Waals surface area contributed by atoms with Crippen molar-refractivity contribution in [3.8, 4) is 22.3 Å². The van der Waals surface area contributed by atoms with Gasteiger partial charge in [-0.1, -0.05) is 158 Å². The first-order valence-electron chi connectivity index (χ1n) is 18.1. The molecular weight excluding hydrogens is 631 g/mol. The largest absolute Gasteiger partial charge is 0.454 e. The fourth-order valence-electron chi connectivity index (χ4n) is 9.26. The minimum Gasteiger partial charge on any atom is -0.454 e. The highest BCUT2D eigenvalue weighted by Crippen LogP contribution is 2.60. The van der Waals surface area contributed by atoms with Gasteiger partial charge in [-0.05, 0) is 86.8 Å². The second kappa shape index (κ2) is 11.2. The summed E-state index contributed by atoms with van der Waals surface area (Å²) in [7, 11) is 0. The molecule has 0 fully saturated rings. The van der Waals surface area contributed by atoms with E-state index < -0.39 is 5.41 Å². The van der Waals surface area contributed by atoms with E-state index in [9.17, 15) is 0 Å². The molecule has 0 unspecified atom stereocenters. The highest BCUT2D eigenvalue weighted by Gasteiger charge is 2.49. The molecule has 0 aliphatic heterocycles. The summed E-state index contributed by atoms with van der Waals surface area (Å²) in [4.78, 5) is 2.42. The molecule has 52 heavy (non-hydrogen) atoms. The Bertz CT molecular complexity index is 2800. The summed E-state index contributed by atoms with van der Waals surface area (Å²) in [5.41, 5.74) is 17.5. The van der Waals surface area contributed by atoms with Gasteiger partial charge in [-0.2, -0.15) is 0 Å². The molecule has 2 aliphatic carbocycles. The fraction of sp³-hybridized carbons (Fsp3) is 0.0400. The Kier molecular flexibility index (Phi) is 6.26. The molecule has 11 rings (SSSR count). The molecule has 2 nitrogen and oxygen atoms in total. The van der Waals surface area contributed by atoms with E-state index in [0.717, 1.165) is 51.0 Å². The van der Waals surface area contributed by atoms with Gasteiger partial charge in [0.05, 0.1) is 16.8 Å². The fourth-order valence-corrected chi connectivity index (χ4v) is 9.26. The van der Waals surface area contributed by atoms with Gasteiger partial charge in [-0.3, -0.25) is 0 Å². The molecule has 9 aromatic rings. The van der Waals surface area contributed by atoms with E-state index >= 15 is 0 Å². The SMILES string of the molecule is c1ccc(-c2ccccc2N(c2ccc3c(c2)C2(c4ccccc4Cc4ccccc42)c2ccccc2-3)c2cccc3c2oc2ccccc23)cc1. The third-order valence-electron chi connectivity index (χ3n) is 11.4. The van der Waals surface area contributed by atoms with Crippen LogP contribution >= 0.6 is 0 Å². The van der Waals surface area contributed by atoms with Crippen LogP contribution in [0.5, 0.6) is 0 Å². The van der Waals surface area contributed by atoms with Gasteiger partial charge in [0.2, 0.25) is 0 Å². The van der Waals surface area contributed by atoms with Crippen LogP contribution in [0.15, 0.2) is 192 Å². The maximum absolute atomic E-state index is 6.76. The summed E-state index contributed by atoms with van der Waals surface area (Å²) in [6.07, 6.45) is 0.927. The van der Waals surface area contributed by atoms with Crippen LogP contribution in [0.1, 0.15) is 33.4 Å². The topological polar surface area (TPSA) is 16.4 Å². The number of rotatable bonds is 4. The van der Waals surface area contributed by atoms with Crippen molar-refractivity contribution in [1.82, 2.24) is 0 Å². The number of nitrogens with zero attached hydrogens (tertiary/aromatic N) is 1. The molecule has 0 radical (unpaired) electrons. The first kappa shape index (κ1) is 29.1. The molecule has 1 aromatic heterocycles. The molecule has 1 heterocycles. The lowest BCUT2D eigenvalue weighted by Gasteiger charge is -2.40. The van der Waals surface area contributed by atoms with Gasteiger partial charge in [0.15, 0.2) is 5.58 Å². The second-order valence-electron chi connectivity index (χ2n) is 14.0. The van der Waals surface area contributed by atoms with Crippen molar-refractivity contribution >= 4 is 39.0 Å². The number of hydrogen-bond acceptors (Lipinski definition) is 2. The van der Waals surface area contributed by atoms with Gasteiger partial charge >= 0.3 is 0 Å². The number of anilines is 3. The van der Waals surface area contributed by atoms with Crippen molar-refractivity contribution in [3.63, 3.8) is 0 Å². The first-order chi connectivity index (χ1) is 25.8. The van der Waals surface area contributed by atoms with Crippen LogP contribution in [0, 0.1) is 0 Å². The summed E-state index contributed by atoms with van der Waals surface area (Å²) in [5.74, 6) is 0. The van der Waals surface area contributed by atoms with Gasteiger partial charge in [-0.15, -0.1) is 0 Å². The summed E-state index contributed by atoms with van der Waals surface area (Å²) in [6.45, 7) is 0. The van der Waals surface area contributed by atoms with E-state index in [0.29, 0.717) is 0 Å². The molecule has 0 saturated carbocycles. The van der Waals surface area contributed by atoms with Crippen molar-refractivity contribution in [3.05, 3.63) is 221 Å². The normalized spacial score (nSPS) is 13.5. The Morgan fingerprint density at radius 1 is 0.423 bits per heavy atom. The van der Waals surface area contributed by atoms with Crippen LogP contribution in [-0.2, 0) is 11.8 Å². The van der Waals surface area contributed by atoms with Crippen LogP contribution in [-0.4, -0.2) is 0 Å². The predicted molar refractivity (Wildman–Crippen MR) is 214 cm³/mol. The van der Waals surface area contributed by atoms with Crippen molar-refractivity contribution in [2.24, 2.45) is 0 Å². The highest BCUT2D eigenvalue weighted by atomic mass is 16.3. The predicted octanol–water partition coefficient (Wildman–Crippen LogP) is 13.0. The number of benzene rings is 8. The van der Waals surface area contributed by atoms with Crippen molar-refractivity contribution in [2.75, 3.05) is 4.90 Å². The zero-order valence-electron chi connectivity index (χ0n) is 28.5. The van der Waals surface area contributed by atoms with E-state index in [1.807, 2.05) is 6.07 Å². The molecule has 8 aromatic carbocycles. The van der Waals surface area contributed by atoms with Crippen LogP contribution in [0.4, 0.5) is 17.1 Å². The Morgan fingerprint density at radius 2 is 1.02 bits per heavy atom. The van der Waals surface area contributed by atoms with Crippen LogP contribution in [0.25, 0.3) is 44.2 Å². The maximum Gasteiger partial charge on any atom is 0.159 e. The lowest BCUT2D eigenvalue weighted by atomic mass is 9.61. The quantitative estimate of drug-likeness (QED) is 0.186. The Hall–Kier alpha value is -6.64. The minimum atomic E-state index is -0.455. The molecular formula is C50H33NO. The van der Waals surface area contributed by atoms with Crippen molar-refractivity contribution in [2.45, 2.75) is 11.8 Å². The van der Waals surface area contributed by atoms with Crippen LogP contribution in [0.2, 0.25) is 0 Å². The van der Waals surface area contributed by atoms with E-state index in [2.05, 4.69) is 187 Å². The van der Waals surface area contributed by atoms with Crippen molar-refractivity contribution < 1.29 is 4.42 Å². The molecule has 0 bridgehead atoms. The zero-order valence-corrected chi connectivity index (χ0v) is 28.5. The first-order valence-corrected chi connectivity index (χ1v) is 18.1. The highest BCUT2D eigenvalue weighted by molar-refractivity contribution is 6.11. The number of furan rings is 1. The van der Waals surface area contributed by atoms with Gasteiger partial charge in [0, 0.05) is 22.0 Å². The molecule has 1 spiro atoms. The van der Waals surface area contributed by atoms with E-state index in [1.165, 1.54) is 50.1 Å². The minimum absolute atomic E-state index is 0.455. The monoisotopic (exact) mass is 663 g/mol. The van der Waals surface area contributed by atoms with Crippen LogP contribution in [0.3, 0.4) is 0 Å². The zero-order chi connectivity index (χ0) is 34.2. The third-order valence-corrected chi connectivity index (χ3v) is 11.4. The average molecular weight is 664 g/mol. The molecule has 0 N–H and O–H groups in total. The molecule has 244 valence electrons. The van der Waals surface area contributed by atoms with Gasteiger partial charge in [0.25, 0.3) is 0 Å². The van der Waals surface area contributed by atoms with E-state index in [4.69, 9.17) is 4.42 Å². The van der Waals surface area contributed by atoms with Crippen molar-refractivity contribution in [1.29, 1.82) is 0 Å². The number of fused-ring (bicyclic) bond motifs is 12. The summed E-state index contributed by atoms with van der Waals surface area (Å²) >= 11 is 0. The summed E-state index contributed by atoms with van der Waals surface area (Å²) in [6, 6.07) is 68.7. The lowest BCUT2D eigenvalue weighted by Crippen LogP contribution is -2.34. The number of hydrogen-bond donors (Lipinski definition) is 0. The maximum atomic E-state index is 6.76. The Labute approximate surface area is 302 Å². The van der Waals surface area contributed by atoms with E-state index in [-0.39, 0.29) is 0 Å². The number of para-hydroxylation sites is 3. The standard InChI is InChI=1S/C50H33NO/c1-2-15-33(16-3-1)37-19-7-12-26-46(37)51(47-27-14-22-41-40-21-8-13-28-48(40)52-49(41)47)36-29-30-39-38-20-6-11-25-44(38)50(45(39)32-36)42-23-9-4-17-34(42)31-35-18-5-10-24-43(35)50/h1-30,32H,31H2. The Morgan fingerprint density at radius 3 is 1.83 bits per heavy atom. The third kappa shape index (κ3) is 4.01. The lowest BCUT2D eigenvalue weighted by molar-refractivity contribution is 0.669. The van der Waals surface area contributed by atoms with E-state index in [1.54, 1.807) is 0 Å². The average Bonchev–Trinajstić information content (AvgIpc) is 3.73. The summed E-state index contributed by atoms with van der Waals surface area (Å²) in [5, 5.41) is 2.23. The van der Waals surface area contributed by atoms with Crippen LogP contribution < -0.4 is 4.90 Å². The summed E-state index contributed by atoms with van der Waals surface area (Å²) < 4.78 is 6.76. The van der Waals surface area contributed by atoms with Gasteiger partial charge in [0.1, 0.15) is 5.58 Å². The molecule has 0 atom stereocenters. The molecule has 0 saturated heterocycles. The molecule has 2 heteroatoms. The molecule has 0 amide bonds.